The van der Waals surface area contributed by atoms with Crippen molar-refractivity contribution in [3.05, 3.63) is 65.9 Å². The summed E-state index contributed by atoms with van der Waals surface area (Å²) >= 11 is 0. The van der Waals surface area contributed by atoms with Crippen LogP contribution in [0.4, 0.5) is 18.9 Å². The lowest BCUT2D eigenvalue weighted by Crippen LogP contribution is -2.19. The van der Waals surface area contributed by atoms with Crippen LogP contribution in [0.2, 0.25) is 0 Å². The van der Waals surface area contributed by atoms with Gasteiger partial charge in [-0.15, -0.1) is 0 Å². The molecular weight excluding hydrogens is 428 g/mol. The Bertz CT molecular complexity index is 1070. The van der Waals surface area contributed by atoms with Crippen LogP contribution in [-0.2, 0) is 19.8 Å². The summed E-state index contributed by atoms with van der Waals surface area (Å²) in [6.07, 6.45) is -3.68. The molecule has 3 aromatic rings. The Morgan fingerprint density at radius 3 is 2.23 bits per heavy atom. The van der Waals surface area contributed by atoms with E-state index in [9.17, 15) is 17.7 Å². The molecule has 3 rings (SSSR count). The Labute approximate surface area is 179 Å². The average molecular weight is 454 g/mol. The fourth-order valence-electron chi connectivity index (χ4n) is 3.32. The molecule has 0 aliphatic rings. The van der Waals surface area contributed by atoms with Gasteiger partial charge in [-0.05, 0) is 52.0 Å². The van der Waals surface area contributed by atoms with E-state index in [-0.39, 0.29) is 5.69 Å². The van der Waals surface area contributed by atoms with Crippen LogP contribution in [0.5, 0.6) is 0 Å². The normalized spacial score (nSPS) is 13.8. The number of halogens is 3. The van der Waals surface area contributed by atoms with E-state index in [1.807, 2.05) is 24.3 Å². The quantitative estimate of drug-likeness (QED) is 0.350. The Morgan fingerprint density at radius 2 is 1.61 bits per heavy atom. The summed E-state index contributed by atoms with van der Waals surface area (Å²) in [4.78, 5) is 3.12. The highest BCUT2D eigenvalue weighted by atomic mass is 31.2. The number of rotatable bonds is 8. The molecule has 0 aliphatic heterocycles. The zero-order valence-electron chi connectivity index (χ0n) is 17.7. The minimum atomic E-state index is -4.50. The van der Waals surface area contributed by atoms with Gasteiger partial charge < -0.3 is 19.3 Å². The third-order valence-electron chi connectivity index (χ3n) is 4.44. The predicted molar refractivity (Wildman–Crippen MR) is 116 cm³/mol. The van der Waals surface area contributed by atoms with Crippen molar-refractivity contribution < 1.29 is 26.8 Å². The van der Waals surface area contributed by atoms with Gasteiger partial charge in [0.25, 0.3) is 0 Å². The number of anilines is 1. The largest absolute Gasteiger partial charge is 0.416 e. The Morgan fingerprint density at radius 1 is 0.968 bits per heavy atom. The lowest BCUT2D eigenvalue weighted by Gasteiger charge is -2.31. The van der Waals surface area contributed by atoms with Crippen molar-refractivity contribution in [2.45, 2.75) is 51.9 Å². The number of nitrogens with one attached hydrogen (secondary N) is 2. The average Bonchev–Trinajstić information content (AvgIpc) is 3.08. The second kappa shape index (κ2) is 9.07. The van der Waals surface area contributed by atoms with Gasteiger partial charge in [-0.1, -0.05) is 24.3 Å². The van der Waals surface area contributed by atoms with Crippen molar-refractivity contribution >= 4 is 24.2 Å². The molecular formula is C22H26F3N2O3P. The number of para-hydroxylation sites is 1. The van der Waals surface area contributed by atoms with Crippen LogP contribution in [0, 0.1) is 0 Å². The summed E-state index contributed by atoms with van der Waals surface area (Å²) in [5.74, 6) is -1.03. The summed E-state index contributed by atoms with van der Waals surface area (Å²) < 4.78 is 65.3. The summed E-state index contributed by atoms with van der Waals surface area (Å²) in [6, 6.07) is 12.2. The molecule has 2 aromatic carbocycles. The Balaban J connectivity index is 2.13. The first-order valence-corrected chi connectivity index (χ1v) is 11.6. The zero-order chi connectivity index (χ0) is 22.8. The van der Waals surface area contributed by atoms with Crippen molar-refractivity contribution in [2.75, 3.05) is 5.32 Å². The summed E-state index contributed by atoms with van der Waals surface area (Å²) in [5.41, 5.74) is 0.733. The first kappa shape index (κ1) is 23.4. The highest BCUT2D eigenvalue weighted by Gasteiger charge is 2.41. The summed E-state index contributed by atoms with van der Waals surface area (Å²) in [5, 5.41) is 3.77. The summed E-state index contributed by atoms with van der Waals surface area (Å²) in [6.45, 7) is 6.92. The SMILES string of the molecule is CC(C)OP(=O)(OC(C)C)[C@@H](Nc1cccc(C(F)(F)F)c1)c1c[nH]c2ccccc12. The molecule has 0 amide bonds. The molecule has 5 nitrogen and oxygen atoms in total. The van der Waals surface area contributed by atoms with Crippen molar-refractivity contribution in [2.24, 2.45) is 0 Å². The molecule has 0 unspecified atom stereocenters. The highest BCUT2D eigenvalue weighted by molar-refractivity contribution is 7.54. The van der Waals surface area contributed by atoms with Gasteiger partial charge in [0.05, 0.1) is 17.8 Å². The van der Waals surface area contributed by atoms with E-state index in [1.165, 1.54) is 12.1 Å². The molecule has 31 heavy (non-hydrogen) atoms. The number of fused-ring (bicyclic) bond motifs is 1. The van der Waals surface area contributed by atoms with Gasteiger partial charge in [-0.2, -0.15) is 13.2 Å². The monoisotopic (exact) mass is 454 g/mol. The van der Waals surface area contributed by atoms with Gasteiger partial charge in [-0.3, -0.25) is 4.57 Å². The van der Waals surface area contributed by atoms with E-state index < -0.39 is 37.3 Å². The number of aromatic amines is 1. The van der Waals surface area contributed by atoms with E-state index in [1.54, 1.807) is 33.9 Å². The smallest absolute Gasteiger partial charge is 0.368 e. The number of alkyl halides is 3. The van der Waals surface area contributed by atoms with Gasteiger partial charge in [0, 0.05) is 28.4 Å². The third kappa shape index (κ3) is 5.50. The molecule has 0 saturated heterocycles. The van der Waals surface area contributed by atoms with Crippen molar-refractivity contribution in [1.82, 2.24) is 4.98 Å². The first-order valence-electron chi connectivity index (χ1n) is 9.96. The second-order valence-electron chi connectivity index (χ2n) is 7.76. The number of hydrogen-bond donors (Lipinski definition) is 2. The minimum absolute atomic E-state index is 0.157. The molecule has 2 N–H and O–H groups in total. The van der Waals surface area contributed by atoms with Crippen LogP contribution in [0.25, 0.3) is 10.9 Å². The minimum Gasteiger partial charge on any atom is -0.368 e. The highest BCUT2D eigenvalue weighted by Crippen LogP contribution is 2.63. The van der Waals surface area contributed by atoms with Gasteiger partial charge in [0.2, 0.25) is 0 Å². The van der Waals surface area contributed by atoms with Crippen LogP contribution in [0.15, 0.2) is 54.7 Å². The lowest BCUT2D eigenvalue weighted by atomic mass is 10.1. The maximum atomic E-state index is 14.0. The lowest BCUT2D eigenvalue weighted by molar-refractivity contribution is -0.137. The van der Waals surface area contributed by atoms with Crippen molar-refractivity contribution in [1.29, 1.82) is 0 Å². The maximum Gasteiger partial charge on any atom is 0.416 e. The fourth-order valence-corrected chi connectivity index (χ4v) is 5.65. The molecule has 0 fully saturated rings. The topological polar surface area (TPSA) is 63.4 Å². The van der Waals surface area contributed by atoms with E-state index in [0.29, 0.717) is 5.56 Å². The predicted octanol–water partition coefficient (Wildman–Crippen LogP) is 7.34. The van der Waals surface area contributed by atoms with Crippen LogP contribution in [0.3, 0.4) is 0 Å². The number of hydrogen-bond acceptors (Lipinski definition) is 4. The van der Waals surface area contributed by atoms with Gasteiger partial charge in [-0.25, -0.2) is 0 Å². The van der Waals surface area contributed by atoms with E-state index in [0.717, 1.165) is 23.0 Å². The standard InChI is InChI=1S/C22H26F3N2O3P/c1-14(2)29-31(28,30-15(3)4)21(19-13-26-20-11-6-5-10-18(19)20)27-17-9-7-8-16(12-17)22(23,24)25/h5-15,21,26-27H,1-4H3/t21-/m1/s1. The molecule has 0 radical (unpaired) electrons. The molecule has 1 atom stereocenters. The Kier molecular flexibility index (Phi) is 6.84. The molecule has 0 aliphatic carbocycles. The van der Waals surface area contributed by atoms with Crippen LogP contribution in [0.1, 0.15) is 44.6 Å². The molecule has 0 bridgehead atoms. The first-order chi connectivity index (χ1) is 14.5. The number of H-pyrrole nitrogens is 1. The number of aromatic nitrogens is 1. The maximum absolute atomic E-state index is 14.0. The van der Waals surface area contributed by atoms with Crippen molar-refractivity contribution in [3.63, 3.8) is 0 Å². The van der Waals surface area contributed by atoms with E-state index >= 15 is 0 Å². The summed E-state index contributed by atoms with van der Waals surface area (Å²) in [7, 11) is -3.87. The second-order valence-corrected chi connectivity index (χ2v) is 9.78. The van der Waals surface area contributed by atoms with Crippen LogP contribution >= 0.6 is 7.60 Å². The Hall–Kier alpha value is -2.28. The van der Waals surface area contributed by atoms with Gasteiger partial charge in [0.15, 0.2) is 5.78 Å². The molecule has 0 saturated carbocycles. The van der Waals surface area contributed by atoms with Crippen molar-refractivity contribution in [3.8, 4) is 0 Å². The molecule has 9 heteroatoms. The van der Waals surface area contributed by atoms with E-state index in [2.05, 4.69) is 10.3 Å². The number of benzene rings is 2. The molecule has 1 aromatic heterocycles. The van der Waals surface area contributed by atoms with Crippen LogP contribution in [-0.4, -0.2) is 17.2 Å². The fraction of sp³-hybridized carbons (Fsp3) is 0.364. The molecule has 1 heterocycles. The molecule has 0 spiro atoms. The zero-order valence-corrected chi connectivity index (χ0v) is 18.6. The molecule has 168 valence electrons. The van der Waals surface area contributed by atoms with E-state index in [4.69, 9.17) is 9.05 Å². The van der Waals surface area contributed by atoms with Gasteiger partial charge >= 0.3 is 13.8 Å². The third-order valence-corrected chi connectivity index (χ3v) is 6.91. The van der Waals surface area contributed by atoms with Crippen LogP contribution < -0.4 is 5.32 Å². The van der Waals surface area contributed by atoms with Gasteiger partial charge in [0.1, 0.15) is 0 Å².